The van der Waals surface area contributed by atoms with Crippen LogP contribution in [0.25, 0.3) is 5.69 Å². The number of aromatic nitrogens is 2. The molecule has 0 atom stereocenters. The van der Waals surface area contributed by atoms with E-state index in [1.165, 1.54) is 4.90 Å². The van der Waals surface area contributed by atoms with Gasteiger partial charge in [-0.15, -0.1) is 0 Å². The molecule has 1 aromatic heterocycles. The first-order valence-corrected chi connectivity index (χ1v) is 10.6. The Hall–Kier alpha value is -2.06. The molecule has 0 saturated carbocycles. The molecule has 1 aliphatic heterocycles. The number of amides is 2. The van der Waals surface area contributed by atoms with Crippen LogP contribution >= 0.6 is 11.6 Å². The van der Waals surface area contributed by atoms with E-state index in [0.717, 1.165) is 11.4 Å². The second-order valence-electron chi connectivity index (χ2n) is 6.53. The van der Waals surface area contributed by atoms with E-state index in [4.69, 9.17) is 11.6 Å². The van der Waals surface area contributed by atoms with Gasteiger partial charge < -0.3 is 10.2 Å². The summed E-state index contributed by atoms with van der Waals surface area (Å²) >= 11 is 6.29. The molecule has 1 N–H and O–H groups in total. The third kappa shape index (κ3) is 3.86. The number of urea groups is 1. The third-order valence-corrected chi connectivity index (χ3v) is 6.24. The molecule has 0 aliphatic carbocycles. The van der Waals surface area contributed by atoms with Crippen molar-refractivity contribution in [3.8, 4) is 5.69 Å². The lowest BCUT2D eigenvalue weighted by molar-refractivity contribution is 0.216. The number of anilines is 1. The average molecular weight is 397 g/mol. The number of hydrogen-bond acceptors (Lipinski definition) is 4. The predicted octanol–water partition coefficient (Wildman–Crippen LogP) is 2.91. The lowest BCUT2D eigenvalue weighted by Crippen LogP contribution is -2.45. The van der Waals surface area contributed by atoms with Crippen molar-refractivity contribution in [3.05, 3.63) is 41.2 Å². The molecule has 0 radical (unpaired) electrons. The summed E-state index contributed by atoms with van der Waals surface area (Å²) in [7, 11) is -3.03. The zero-order valence-corrected chi connectivity index (χ0v) is 16.2. The maximum atomic E-state index is 12.5. The van der Waals surface area contributed by atoms with Gasteiger partial charge in [-0.05, 0) is 18.1 Å². The summed E-state index contributed by atoms with van der Waals surface area (Å²) in [5.41, 5.74) is 2.16. The maximum Gasteiger partial charge on any atom is 0.321 e. The van der Waals surface area contributed by atoms with Crippen LogP contribution < -0.4 is 5.32 Å². The summed E-state index contributed by atoms with van der Waals surface area (Å²) in [6.45, 7) is 4.41. The Morgan fingerprint density at radius 3 is 2.50 bits per heavy atom. The number of nitrogens with one attached hydrogen (secondary N) is 1. The van der Waals surface area contributed by atoms with Crippen molar-refractivity contribution in [3.63, 3.8) is 0 Å². The third-order valence-electron chi connectivity index (χ3n) is 4.31. The maximum absolute atomic E-state index is 12.5. The van der Waals surface area contributed by atoms with Gasteiger partial charge in [0.1, 0.15) is 0 Å². The molecule has 2 heterocycles. The molecule has 0 bridgehead atoms. The first kappa shape index (κ1) is 18.7. The molecule has 2 amide bonds. The van der Waals surface area contributed by atoms with Gasteiger partial charge in [0.2, 0.25) is 0 Å². The van der Waals surface area contributed by atoms with Crippen molar-refractivity contribution < 1.29 is 13.2 Å². The Balaban J connectivity index is 1.85. The summed E-state index contributed by atoms with van der Waals surface area (Å²) < 4.78 is 24.8. The molecular weight excluding hydrogens is 376 g/mol. The van der Waals surface area contributed by atoms with Gasteiger partial charge in [-0.1, -0.05) is 37.6 Å². The van der Waals surface area contributed by atoms with E-state index in [0.29, 0.717) is 10.7 Å². The lowest BCUT2D eigenvalue weighted by atomic mass is 10.1. The van der Waals surface area contributed by atoms with Crippen molar-refractivity contribution in [2.75, 3.05) is 29.9 Å². The number of nitrogens with zero attached hydrogens (tertiary/aromatic N) is 3. The second kappa shape index (κ2) is 7.28. The normalized spacial score (nSPS) is 16.7. The Kier molecular flexibility index (Phi) is 5.24. The SMILES string of the molecule is CC(C)c1c(NC(=O)N2CCS(=O)(=O)CC2)cnn1-c1ccccc1Cl. The number of hydrogen-bond donors (Lipinski definition) is 1. The summed E-state index contributed by atoms with van der Waals surface area (Å²) in [6, 6.07) is 7.05. The highest BCUT2D eigenvalue weighted by atomic mass is 35.5. The van der Waals surface area contributed by atoms with Crippen LogP contribution in [0.1, 0.15) is 25.5 Å². The van der Waals surface area contributed by atoms with Crippen molar-refractivity contribution in [2.45, 2.75) is 19.8 Å². The lowest BCUT2D eigenvalue weighted by Gasteiger charge is -2.27. The van der Waals surface area contributed by atoms with Crippen LogP contribution in [0.5, 0.6) is 0 Å². The van der Waals surface area contributed by atoms with E-state index >= 15 is 0 Å². The summed E-state index contributed by atoms with van der Waals surface area (Å²) in [5.74, 6) is 0.0815. The van der Waals surface area contributed by atoms with Crippen LogP contribution in [0.2, 0.25) is 5.02 Å². The molecule has 1 aromatic carbocycles. The fraction of sp³-hybridized carbons (Fsp3) is 0.412. The fourth-order valence-corrected chi connectivity index (χ4v) is 4.35. The van der Waals surface area contributed by atoms with Gasteiger partial charge in [-0.3, -0.25) is 0 Å². The molecule has 0 spiro atoms. The number of benzene rings is 1. The van der Waals surface area contributed by atoms with Gasteiger partial charge in [0.15, 0.2) is 9.84 Å². The molecule has 7 nitrogen and oxygen atoms in total. The van der Waals surface area contributed by atoms with Crippen molar-refractivity contribution in [2.24, 2.45) is 0 Å². The topological polar surface area (TPSA) is 84.3 Å². The highest BCUT2D eigenvalue weighted by Crippen LogP contribution is 2.30. The van der Waals surface area contributed by atoms with Crippen molar-refractivity contribution in [1.82, 2.24) is 14.7 Å². The standard InChI is InChI=1S/C17H21ClN4O3S/c1-12(2)16-14(11-19-22(16)15-6-4-3-5-13(15)18)20-17(23)21-7-9-26(24,25)10-8-21/h3-6,11-12H,7-10H2,1-2H3,(H,20,23). The zero-order chi connectivity index (χ0) is 18.9. The van der Waals surface area contributed by atoms with Gasteiger partial charge >= 0.3 is 6.03 Å². The Bertz CT molecular complexity index is 910. The molecule has 9 heteroatoms. The van der Waals surface area contributed by atoms with Crippen LogP contribution in [0.15, 0.2) is 30.5 Å². The summed E-state index contributed by atoms with van der Waals surface area (Å²) in [6.07, 6.45) is 1.59. The molecule has 3 rings (SSSR count). The van der Waals surface area contributed by atoms with Crippen LogP contribution in [-0.2, 0) is 9.84 Å². The zero-order valence-electron chi connectivity index (χ0n) is 14.6. The number of rotatable bonds is 3. The quantitative estimate of drug-likeness (QED) is 0.864. The monoisotopic (exact) mass is 396 g/mol. The molecule has 26 heavy (non-hydrogen) atoms. The molecule has 2 aromatic rings. The van der Waals surface area contributed by atoms with E-state index < -0.39 is 9.84 Å². The summed E-state index contributed by atoms with van der Waals surface area (Å²) in [5, 5.41) is 7.82. The highest BCUT2D eigenvalue weighted by molar-refractivity contribution is 7.91. The molecule has 140 valence electrons. The number of carbonyl (C=O) groups excluding carboxylic acids is 1. The van der Waals surface area contributed by atoms with E-state index in [-0.39, 0.29) is 36.5 Å². The number of carbonyl (C=O) groups is 1. The van der Waals surface area contributed by atoms with E-state index in [9.17, 15) is 13.2 Å². The Morgan fingerprint density at radius 2 is 1.88 bits per heavy atom. The van der Waals surface area contributed by atoms with Crippen molar-refractivity contribution in [1.29, 1.82) is 0 Å². The van der Waals surface area contributed by atoms with Crippen molar-refractivity contribution >= 4 is 33.2 Å². The predicted molar refractivity (Wildman–Crippen MR) is 102 cm³/mol. The Labute approximate surface area is 157 Å². The highest BCUT2D eigenvalue weighted by Gasteiger charge is 2.26. The fourth-order valence-electron chi connectivity index (χ4n) is 2.94. The molecule has 0 unspecified atom stereocenters. The van der Waals surface area contributed by atoms with Crippen LogP contribution in [-0.4, -0.2) is 53.7 Å². The summed E-state index contributed by atoms with van der Waals surface area (Å²) in [4.78, 5) is 14.0. The van der Waals surface area contributed by atoms with Crippen LogP contribution in [0.4, 0.5) is 10.5 Å². The molecule has 1 aliphatic rings. The largest absolute Gasteiger partial charge is 0.322 e. The average Bonchev–Trinajstić information content (AvgIpc) is 2.98. The number of sulfone groups is 1. The number of halogens is 1. The second-order valence-corrected chi connectivity index (χ2v) is 9.24. The van der Waals surface area contributed by atoms with E-state index in [1.807, 2.05) is 32.0 Å². The van der Waals surface area contributed by atoms with Gasteiger partial charge in [-0.25, -0.2) is 17.9 Å². The van der Waals surface area contributed by atoms with Gasteiger partial charge in [-0.2, -0.15) is 5.10 Å². The number of para-hydroxylation sites is 1. The minimum atomic E-state index is -3.03. The van der Waals surface area contributed by atoms with E-state index in [1.54, 1.807) is 16.9 Å². The van der Waals surface area contributed by atoms with Gasteiger partial charge in [0, 0.05) is 13.1 Å². The smallest absolute Gasteiger partial charge is 0.321 e. The first-order valence-electron chi connectivity index (χ1n) is 8.37. The minimum absolute atomic E-state index is 0.00363. The van der Waals surface area contributed by atoms with Crippen LogP contribution in [0, 0.1) is 0 Å². The van der Waals surface area contributed by atoms with Gasteiger partial charge in [0.25, 0.3) is 0 Å². The Morgan fingerprint density at radius 1 is 1.23 bits per heavy atom. The molecule has 1 saturated heterocycles. The molecule has 1 fully saturated rings. The first-order chi connectivity index (χ1) is 12.3. The van der Waals surface area contributed by atoms with E-state index in [2.05, 4.69) is 10.4 Å². The van der Waals surface area contributed by atoms with Gasteiger partial charge in [0.05, 0.1) is 39.8 Å². The van der Waals surface area contributed by atoms with Crippen LogP contribution in [0.3, 0.4) is 0 Å². The molecular formula is C17H21ClN4O3S. The minimum Gasteiger partial charge on any atom is -0.322 e.